The summed E-state index contributed by atoms with van der Waals surface area (Å²) in [5, 5.41) is 85.9. The summed E-state index contributed by atoms with van der Waals surface area (Å²) in [5.41, 5.74) is -1.89. The van der Waals surface area contributed by atoms with Crippen LogP contribution in [0.15, 0.2) is 24.3 Å². The van der Waals surface area contributed by atoms with Crippen LogP contribution in [0.2, 0.25) is 0 Å². The van der Waals surface area contributed by atoms with Gasteiger partial charge >= 0.3 is 73.6 Å². The molecular formula is C30H54CaO18. The number of aliphatic carboxylic acids is 4. The molecule has 0 aromatic heterocycles. The molecule has 0 aliphatic rings. The van der Waals surface area contributed by atoms with Gasteiger partial charge in [0.25, 0.3) is 0 Å². The van der Waals surface area contributed by atoms with Crippen LogP contribution in [-0.2, 0) is 38.2 Å². The van der Waals surface area contributed by atoms with E-state index >= 15 is 0 Å². The molecule has 0 saturated heterocycles. The van der Waals surface area contributed by atoms with Gasteiger partial charge in [-0.2, -0.15) is 0 Å². The number of rotatable bonds is 22. The van der Waals surface area contributed by atoms with E-state index < -0.39 is 86.3 Å². The third kappa shape index (κ3) is 35.0. The van der Waals surface area contributed by atoms with E-state index in [1.165, 1.54) is 13.8 Å². The van der Waals surface area contributed by atoms with Crippen molar-refractivity contribution < 1.29 is 89.3 Å². The number of hydrogen-bond donors (Lipinski definition) is 10. The van der Waals surface area contributed by atoms with E-state index in [4.69, 9.17) is 60.5 Å². The molecule has 0 aliphatic heterocycles. The van der Waals surface area contributed by atoms with E-state index in [2.05, 4.69) is 13.2 Å². The van der Waals surface area contributed by atoms with Gasteiger partial charge in [0, 0.05) is 36.8 Å². The maximum atomic E-state index is 11.0. The second-order valence-electron chi connectivity index (χ2n) is 10.7. The van der Waals surface area contributed by atoms with E-state index in [1.54, 1.807) is 0 Å². The summed E-state index contributed by atoms with van der Waals surface area (Å²) in [4.78, 5) is 61.5. The summed E-state index contributed by atoms with van der Waals surface area (Å²) >= 11 is 0. The van der Waals surface area contributed by atoms with Crippen molar-refractivity contribution in [1.82, 2.24) is 0 Å². The van der Waals surface area contributed by atoms with Crippen LogP contribution in [0.3, 0.4) is 0 Å². The monoisotopic (exact) mass is 742 g/mol. The van der Waals surface area contributed by atoms with E-state index in [1.807, 2.05) is 0 Å². The number of aliphatic hydroxyl groups is 6. The molecule has 49 heavy (non-hydrogen) atoms. The molecule has 0 bridgehead atoms. The molecule has 0 heterocycles. The Kier molecular flexibility index (Phi) is 38.4. The van der Waals surface area contributed by atoms with Crippen molar-refractivity contribution in [3.8, 4) is 0 Å². The van der Waals surface area contributed by atoms with Gasteiger partial charge in [-0.3, -0.25) is 19.2 Å². The molecule has 0 saturated carbocycles. The molecule has 0 amide bonds. The van der Waals surface area contributed by atoms with Crippen molar-refractivity contribution >= 4 is 73.6 Å². The Labute approximate surface area is 314 Å². The van der Waals surface area contributed by atoms with E-state index in [9.17, 15) is 28.8 Å². The van der Waals surface area contributed by atoms with Crippen molar-refractivity contribution in [3.05, 3.63) is 24.3 Å². The Morgan fingerprint density at radius 2 is 0.653 bits per heavy atom. The maximum absolute atomic E-state index is 11.0. The number of carbonyl (C=O) groups is 6. The van der Waals surface area contributed by atoms with Gasteiger partial charge < -0.3 is 60.5 Å². The van der Waals surface area contributed by atoms with Gasteiger partial charge in [0.15, 0.2) is 0 Å². The average molecular weight is 743 g/mol. The minimum atomic E-state index is -1.18. The standard InChI is InChI=1S/2C9H16O5.2C6H10O4.Ca.2H/c2*1-7(2)8(13)14-6-9(3-10,4-11)5-12;2*7-5(8)3-1-2-4-6(9)10;;;/h2*10-12H,1,3-6H2,2H3;2*1-4H2,(H,7,8)(H,9,10);;;. The fourth-order valence-electron chi connectivity index (χ4n) is 2.36. The molecule has 19 heteroatoms. The summed E-state index contributed by atoms with van der Waals surface area (Å²) in [6.45, 7) is 6.52. The molecule has 10 N–H and O–H groups in total. The summed E-state index contributed by atoms with van der Waals surface area (Å²) in [6, 6.07) is 0. The first-order valence-corrected chi connectivity index (χ1v) is 14.5. The predicted molar refractivity (Wildman–Crippen MR) is 175 cm³/mol. The molecule has 0 aromatic rings. The van der Waals surface area contributed by atoms with Crippen LogP contribution in [0, 0.1) is 10.8 Å². The zero-order chi connectivity index (χ0) is 38.3. The molecule has 0 atom stereocenters. The van der Waals surface area contributed by atoms with Crippen LogP contribution >= 0.6 is 0 Å². The third-order valence-electron chi connectivity index (χ3n) is 5.79. The molecule has 0 radical (unpaired) electrons. The molecule has 18 nitrogen and oxygen atoms in total. The first-order chi connectivity index (χ1) is 22.3. The topological polar surface area (TPSA) is 323 Å². The second-order valence-corrected chi connectivity index (χ2v) is 10.7. The summed E-state index contributed by atoms with van der Waals surface area (Å²) in [6.07, 6.45) is 2.04. The number of unbranched alkanes of at least 4 members (excludes halogenated alkanes) is 2. The van der Waals surface area contributed by atoms with Crippen molar-refractivity contribution in [2.24, 2.45) is 10.8 Å². The van der Waals surface area contributed by atoms with Gasteiger partial charge in [0.1, 0.15) is 13.2 Å². The first kappa shape index (κ1) is 55.7. The number of carboxylic acid groups (broad SMARTS) is 4. The van der Waals surface area contributed by atoms with Gasteiger partial charge in [-0.1, -0.05) is 13.2 Å². The van der Waals surface area contributed by atoms with Crippen molar-refractivity contribution in [2.75, 3.05) is 52.9 Å². The molecule has 0 spiro atoms. The Morgan fingerprint density at radius 3 is 0.776 bits per heavy atom. The third-order valence-corrected chi connectivity index (χ3v) is 5.79. The molecule has 0 fully saturated rings. The number of esters is 2. The van der Waals surface area contributed by atoms with Gasteiger partial charge in [-0.05, 0) is 39.5 Å². The Morgan fingerprint density at radius 1 is 0.469 bits per heavy atom. The normalized spacial score (nSPS) is 10.1. The number of carbonyl (C=O) groups excluding carboxylic acids is 2. The molecular weight excluding hydrogens is 688 g/mol. The number of ether oxygens (including phenoxy) is 2. The Balaban J connectivity index is -0.000000177. The zero-order valence-electron chi connectivity index (χ0n) is 27.5. The van der Waals surface area contributed by atoms with Gasteiger partial charge in [-0.15, -0.1) is 0 Å². The van der Waals surface area contributed by atoms with Crippen LogP contribution in [0.4, 0.5) is 0 Å². The molecule has 284 valence electrons. The van der Waals surface area contributed by atoms with Gasteiger partial charge in [-0.25, -0.2) is 9.59 Å². The summed E-state index contributed by atoms with van der Waals surface area (Å²) < 4.78 is 9.45. The van der Waals surface area contributed by atoms with E-state index in [0.29, 0.717) is 25.7 Å². The number of hydrogen-bond acceptors (Lipinski definition) is 14. The number of carboxylic acids is 4. The van der Waals surface area contributed by atoms with Crippen molar-refractivity contribution in [1.29, 1.82) is 0 Å². The van der Waals surface area contributed by atoms with E-state index in [-0.39, 0.29) is 87.8 Å². The predicted octanol–water partition coefficient (Wildman–Crippen LogP) is -1.35. The van der Waals surface area contributed by atoms with E-state index in [0.717, 1.165) is 0 Å². The fourth-order valence-corrected chi connectivity index (χ4v) is 2.36. The van der Waals surface area contributed by atoms with Gasteiger partial charge in [0.05, 0.1) is 50.5 Å². The van der Waals surface area contributed by atoms with Crippen LogP contribution in [0.1, 0.15) is 65.2 Å². The Bertz CT molecular complexity index is 863. The SMILES string of the molecule is C=C(C)C(=O)OCC(CO)(CO)CO.C=C(C)C(=O)OCC(CO)(CO)CO.O=C(O)CCCCC(=O)O.O=C(O)CCCCC(=O)O.[CaH2]. The van der Waals surface area contributed by atoms with Crippen molar-refractivity contribution in [2.45, 2.75) is 65.2 Å². The quantitative estimate of drug-likeness (QED) is 0.0265. The van der Waals surface area contributed by atoms with Crippen LogP contribution in [0.25, 0.3) is 0 Å². The van der Waals surface area contributed by atoms with Crippen LogP contribution in [0.5, 0.6) is 0 Å². The Hall–Kier alpha value is -2.68. The zero-order valence-corrected chi connectivity index (χ0v) is 27.5. The second kappa shape index (κ2) is 33.8. The molecule has 0 unspecified atom stereocenters. The van der Waals surface area contributed by atoms with Crippen LogP contribution < -0.4 is 0 Å². The summed E-state index contributed by atoms with van der Waals surface area (Å²) in [5.74, 6) is -4.69. The number of aliphatic hydroxyl groups excluding tert-OH is 6. The minimum absolute atomic E-state index is 0. The van der Waals surface area contributed by atoms with Gasteiger partial charge in [0.2, 0.25) is 0 Å². The molecule has 0 rings (SSSR count). The summed E-state index contributed by atoms with van der Waals surface area (Å²) in [7, 11) is 0. The van der Waals surface area contributed by atoms with Crippen molar-refractivity contribution in [3.63, 3.8) is 0 Å². The first-order valence-electron chi connectivity index (χ1n) is 14.5. The fraction of sp³-hybridized carbons (Fsp3) is 0.667. The molecule has 0 aliphatic carbocycles. The van der Waals surface area contributed by atoms with Crippen LogP contribution in [-0.4, -0.2) is 177 Å². The average Bonchev–Trinajstić information content (AvgIpc) is 3.03. The molecule has 0 aromatic carbocycles.